The number of hydrogen-bond donors (Lipinski definition) is 0. The fourth-order valence-electron chi connectivity index (χ4n) is 5.95. The zero-order valence-electron chi connectivity index (χ0n) is 38.2. The molecule has 0 spiro atoms. The molecule has 336 valence electrons. The second-order valence-corrected chi connectivity index (χ2v) is 15.2. The minimum Gasteiger partial charge on any atom is -0.462 e. The van der Waals surface area contributed by atoms with Crippen molar-refractivity contribution in [3.63, 3.8) is 0 Å². The lowest BCUT2D eigenvalue weighted by Crippen LogP contribution is -2.30. The predicted octanol–water partition coefficient (Wildman–Crippen LogP) is 15.4. The van der Waals surface area contributed by atoms with Crippen molar-refractivity contribution in [3.8, 4) is 0 Å². The molecular formula is C54H84O6. The first-order valence-electron chi connectivity index (χ1n) is 23.7. The van der Waals surface area contributed by atoms with Gasteiger partial charge in [0.05, 0.1) is 0 Å². The zero-order chi connectivity index (χ0) is 43.7. The molecule has 0 saturated carbocycles. The number of ether oxygens (including phenoxy) is 3. The van der Waals surface area contributed by atoms with E-state index in [1.165, 1.54) is 57.8 Å². The highest BCUT2D eigenvalue weighted by Gasteiger charge is 2.19. The third-order valence-electron chi connectivity index (χ3n) is 9.47. The van der Waals surface area contributed by atoms with Crippen molar-refractivity contribution in [1.29, 1.82) is 0 Å². The van der Waals surface area contributed by atoms with Crippen LogP contribution in [0, 0.1) is 0 Å². The highest BCUT2D eigenvalue weighted by Crippen LogP contribution is 2.14. The molecule has 0 aromatic rings. The smallest absolute Gasteiger partial charge is 0.306 e. The van der Waals surface area contributed by atoms with Crippen LogP contribution in [0.15, 0.2) is 122 Å². The molecule has 0 heterocycles. The lowest BCUT2D eigenvalue weighted by Gasteiger charge is -2.18. The van der Waals surface area contributed by atoms with Crippen molar-refractivity contribution < 1.29 is 28.6 Å². The lowest BCUT2D eigenvalue weighted by molar-refractivity contribution is -0.167. The van der Waals surface area contributed by atoms with Gasteiger partial charge < -0.3 is 14.2 Å². The molecule has 0 bridgehead atoms. The third-order valence-corrected chi connectivity index (χ3v) is 9.47. The van der Waals surface area contributed by atoms with Gasteiger partial charge in [-0.25, -0.2) is 0 Å². The molecular weight excluding hydrogens is 745 g/mol. The average molecular weight is 829 g/mol. The van der Waals surface area contributed by atoms with Crippen molar-refractivity contribution in [2.24, 2.45) is 0 Å². The summed E-state index contributed by atoms with van der Waals surface area (Å²) < 4.78 is 16.7. The van der Waals surface area contributed by atoms with Crippen LogP contribution in [0.3, 0.4) is 0 Å². The van der Waals surface area contributed by atoms with Crippen LogP contribution in [0.2, 0.25) is 0 Å². The van der Waals surface area contributed by atoms with Crippen LogP contribution in [0.4, 0.5) is 0 Å². The van der Waals surface area contributed by atoms with Crippen LogP contribution in [0.5, 0.6) is 0 Å². The molecule has 1 atom stereocenters. The Morgan fingerprint density at radius 3 is 1.02 bits per heavy atom. The van der Waals surface area contributed by atoms with Crippen LogP contribution in [-0.2, 0) is 28.6 Å². The van der Waals surface area contributed by atoms with Gasteiger partial charge in [-0.2, -0.15) is 0 Å². The molecule has 0 aliphatic heterocycles. The molecule has 6 heteroatoms. The Balaban J connectivity index is 4.56. The first kappa shape index (κ1) is 55.8. The topological polar surface area (TPSA) is 78.9 Å². The van der Waals surface area contributed by atoms with Crippen molar-refractivity contribution in [3.05, 3.63) is 122 Å². The van der Waals surface area contributed by atoms with E-state index >= 15 is 0 Å². The molecule has 0 N–H and O–H groups in total. The highest BCUT2D eigenvalue weighted by molar-refractivity contribution is 5.71. The number of allylic oxidation sites excluding steroid dienone is 20. The first-order chi connectivity index (χ1) is 29.5. The van der Waals surface area contributed by atoms with Gasteiger partial charge in [0.2, 0.25) is 0 Å². The van der Waals surface area contributed by atoms with Crippen LogP contribution in [-0.4, -0.2) is 37.2 Å². The number of rotatable bonds is 40. The minimum absolute atomic E-state index is 0.111. The lowest BCUT2D eigenvalue weighted by atomic mass is 10.0. The summed E-state index contributed by atoms with van der Waals surface area (Å²) in [5.41, 5.74) is 0. The normalized spacial score (nSPS) is 13.2. The summed E-state index contributed by atoms with van der Waals surface area (Å²) in [5.74, 6) is -1.01. The van der Waals surface area contributed by atoms with Gasteiger partial charge >= 0.3 is 17.9 Å². The Hall–Kier alpha value is -4.19. The van der Waals surface area contributed by atoms with Gasteiger partial charge in [0.1, 0.15) is 13.2 Å². The summed E-state index contributed by atoms with van der Waals surface area (Å²) in [6.07, 6.45) is 64.6. The molecule has 0 aliphatic carbocycles. The SMILES string of the molecule is CC\C=C/C=C\C=C/C=C\C=C\C=C/CCCCCC(=O)OCC(COC(=O)CCCCCCCCCCCCCC)OC(=O)CCCCC\C=C/C=C\C=C/C=C\CC. The van der Waals surface area contributed by atoms with Gasteiger partial charge in [-0.1, -0.05) is 226 Å². The number of esters is 3. The van der Waals surface area contributed by atoms with E-state index in [1.807, 2.05) is 97.2 Å². The van der Waals surface area contributed by atoms with Gasteiger partial charge in [0, 0.05) is 19.3 Å². The molecule has 60 heavy (non-hydrogen) atoms. The Kier molecular flexibility index (Phi) is 44.2. The summed E-state index contributed by atoms with van der Waals surface area (Å²) in [6, 6.07) is 0. The van der Waals surface area contributed by atoms with Crippen molar-refractivity contribution in [2.75, 3.05) is 13.2 Å². The second-order valence-electron chi connectivity index (χ2n) is 15.2. The Labute approximate surface area is 367 Å². The van der Waals surface area contributed by atoms with E-state index in [-0.39, 0.29) is 37.5 Å². The Morgan fingerprint density at radius 1 is 0.350 bits per heavy atom. The Bertz CT molecular complexity index is 1320. The van der Waals surface area contributed by atoms with E-state index in [9.17, 15) is 14.4 Å². The minimum atomic E-state index is -0.817. The summed E-state index contributed by atoms with van der Waals surface area (Å²) in [4.78, 5) is 37.8. The fraction of sp³-hybridized carbons (Fsp3) is 0.574. The quantitative estimate of drug-likeness (QED) is 0.0265. The summed E-state index contributed by atoms with van der Waals surface area (Å²) in [6.45, 7) is 6.25. The maximum absolute atomic E-state index is 12.7. The number of carbonyl (C=O) groups excluding carboxylic acids is 3. The van der Waals surface area contributed by atoms with Crippen molar-refractivity contribution in [2.45, 2.75) is 187 Å². The molecule has 0 aliphatic rings. The molecule has 0 rings (SSSR count). The predicted molar refractivity (Wildman–Crippen MR) is 256 cm³/mol. The van der Waals surface area contributed by atoms with Gasteiger partial charge in [-0.05, 0) is 57.8 Å². The van der Waals surface area contributed by atoms with E-state index in [4.69, 9.17) is 14.2 Å². The third kappa shape index (κ3) is 44.9. The maximum Gasteiger partial charge on any atom is 0.306 e. The standard InChI is InChI=1S/C54H84O6/c1-4-7-10-13-16-19-22-25-26-27-28-30-32-35-38-41-44-47-53(56)59-50-51(49-58-52(55)46-43-40-37-34-31-24-21-18-15-12-9-6-3)60-54(57)48-45-42-39-36-33-29-23-20-17-14-11-8-5-2/h7-8,10-11,13-14,16-17,19-20,22-23,25-30,32-33,51H,4-6,9,12,15,18,21,24,31,34-50H2,1-3H3/b10-7-,11-8-,16-13-,17-14-,22-19-,23-20-,26-25-,28-27+,32-30-,33-29-. The molecule has 0 radical (unpaired) electrons. The number of unbranched alkanes of at least 4 members (excludes halogenated alkanes) is 17. The van der Waals surface area contributed by atoms with E-state index in [1.54, 1.807) is 0 Å². The summed E-state index contributed by atoms with van der Waals surface area (Å²) in [7, 11) is 0. The van der Waals surface area contributed by atoms with E-state index in [0.717, 1.165) is 77.0 Å². The number of hydrogen-bond acceptors (Lipinski definition) is 6. The molecule has 0 amide bonds. The number of carbonyl (C=O) groups is 3. The first-order valence-corrected chi connectivity index (χ1v) is 23.7. The van der Waals surface area contributed by atoms with Crippen molar-refractivity contribution in [1.82, 2.24) is 0 Å². The van der Waals surface area contributed by atoms with E-state index in [0.29, 0.717) is 19.3 Å². The molecule has 0 fully saturated rings. The maximum atomic E-state index is 12.7. The molecule has 6 nitrogen and oxygen atoms in total. The van der Waals surface area contributed by atoms with Crippen LogP contribution < -0.4 is 0 Å². The largest absolute Gasteiger partial charge is 0.462 e. The van der Waals surface area contributed by atoms with Gasteiger partial charge in [-0.15, -0.1) is 0 Å². The molecule has 1 unspecified atom stereocenters. The van der Waals surface area contributed by atoms with Gasteiger partial charge in [-0.3, -0.25) is 14.4 Å². The molecule has 0 aromatic carbocycles. The van der Waals surface area contributed by atoms with Gasteiger partial charge in [0.25, 0.3) is 0 Å². The molecule has 0 saturated heterocycles. The van der Waals surface area contributed by atoms with E-state index < -0.39 is 6.10 Å². The van der Waals surface area contributed by atoms with Gasteiger partial charge in [0.15, 0.2) is 6.10 Å². The highest BCUT2D eigenvalue weighted by atomic mass is 16.6. The molecule has 0 aromatic heterocycles. The zero-order valence-corrected chi connectivity index (χ0v) is 38.2. The summed E-state index contributed by atoms with van der Waals surface area (Å²) in [5, 5.41) is 0. The van der Waals surface area contributed by atoms with Crippen LogP contribution in [0.1, 0.15) is 181 Å². The van der Waals surface area contributed by atoms with Crippen LogP contribution >= 0.6 is 0 Å². The second kappa shape index (κ2) is 47.5. The Morgan fingerprint density at radius 2 is 0.650 bits per heavy atom. The fourth-order valence-corrected chi connectivity index (χ4v) is 5.95. The van der Waals surface area contributed by atoms with Crippen LogP contribution in [0.25, 0.3) is 0 Å². The van der Waals surface area contributed by atoms with E-state index in [2.05, 4.69) is 45.1 Å². The van der Waals surface area contributed by atoms with Crippen molar-refractivity contribution >= 4 is 17.9 Å². The monoisotopic (exact) mass is 829 g/mol. The average Bonchev–Trinajstić information content (AvgIpc) is 3.24. The summed E-state index contributed by atoms with van der Waals surface area (Å²) >= 11 is 0.